The van der Waals surface area contributed by atoms with Crippen LogP contribution in [0.2, 0.25) is 0 Å². The number of hydrogen-bond donors (Lipinski definition) is 0. The molecule has 0 fully saturated rings. The van der Waals surface area contributed by atoms with Crippen molar-refractivity contribution in [1.29, 1.82) is 0 Å². The van der Waals surface area contributed by atoms with Crippen LogP contribution >= 0.6 is 0 Å². The lowest BCUT2D eigenvalue weighted by atomic mass is 10.2. The molecular formula is C12H16O3S. The van der Waals surface area contributed by atoms with Crippen LogP contribution in [0, 0.1) is 23.7 Å². The van der Waals surface area contributed by atoms with Gasteiger partial charge in [-0.25, -0.2) is 8.42 Å². The topological polar surface area (TPSA) is 51.2 Å². The quantitative estimate of drug-likeness (QED) is 0.536. The molecule has 4 heteroatoms. The molecule has 0 aliphatic rings. The van der Waals surface area contributed by atoms with Crippen molar-refractivity contribution in [3.8, 4) is 23.7 Å². The molecule has 0 aromatic heterocycles. The molecule has 0 heterocycles. The number of rotatable bonds is 5. The zero-order valence-corrected chi connectivity index (χ0v) is 10.5. The molecule has 0 unspecified atom stereocenters. The number of carbonyl (C=O) groups excluding carboxylic acids is 1. The van der Waals surface area contributed by atoms with Crippen molar-refractivity contribution in [3.63, 3.8) is 0 Å². The molecule has 0 bridgehead atoms. The fraction of sp³-hybridized carbons (Fsp3) is 0.583. The molecule has 0 saturated carbocycles. The lowest BCUT2D eigenvalue weighted by Crippen LogP contribution is -2.07. The number of unbranched alkanes of at least 4 members (excludes halogenated alkanes) is 1. The van der Waals surface area contributed by atoms with E-state index in [1.165, 1.54) is 6.92 Å². The average molecular weight is 240 g/mol. The minimum Gasteiger partial charge on any atom is -0.300 e. The molecule has 0 aliphatic heterocycles. The number of Topliss-reactive ketones (excluding diaryl/α,β-unsaturated/α-hetero) is 1. The van der Waals surface area contributed by atoms with Crippen molar-refractivity contribution < 1.29 is 13.2 Å². The van der Waals surface area contributed by atoms with Gasteiger partial charge in [-0.15, -0.1) is 11.8 Å². The first-order valence-electron chi connectivity index (χ1n) is 5.03. The fourth-order valence-electron chi connectivity index (χ4n) is 0.908. The van der Waals surface area contributed by atoms with Crippen LogP contribution in [-0.4, -0.2) is 25.7 Å². The van der Waals surface area contributed by atoms with Crippen LogP contribution in [-0.2, 0) is 14.6 Å². The van der Waals surface area contributed by atoms with E-state index in [1.807, 2.05) is 0 Å². The van der Waals surface area contributed by atoms with Crippen molar-refractivity contribution in [3.05, 3.63) is 0 Å². The van der Waals surface area contributed by atoms with Gasteiger partial charge in [-0.05, 0) is 20.3 Å². The molecule has 3 nitrogen and oxygen atoms in total. The van der Waals surface area contributed by atoms with Gasteiger partial charge < -0.3 is 4.79 Å². The molecule has 0 rings (SSSR count). The highest BCUT2D eigenvalue weighted by Gasteiger charge is 2.05. The normalized spacial score (nSPS) is 9.62. The molecule has 0 aliphatic carbocycles. The van der Waals surface area contributed by atoms with Gasteiger partial charge in [0.25, 0.3) is 0 Å². The van der Waals surface area contributed by atoms with E-state index in [2.05, 4.69) is 23.7 Å². The SMILES string of the molecule is CC#CCS(=O)(=O)CC#CCCCC(C)=O. The third kappa shape index (κ3) is 9.30. The van der Waals surface area contributed by atoms with Crippen LogP contribution in [0.5, 0.6) is 0 Å². The maximum absolute atomic E-state index is 11.3. The van der Waals surface area contributed by atoms with E-state index in [-0.39, 0.29) is 17.3 Å². The van der Waals surface area contributed by atoms with E-state index in [1.54, 1.807) is 6.92 Å². The van der Waals surface area contributed by atoms with Gasteiger partial charge >= 0.3 is 0 Å². The van der Waals surface area contributed by atoms with Crippen molar-refractivity contribution in [2.24, 2.45) is 0 Å². The summed E-state index contributed by atoms with van der Waals surface area (Å²) in [6.45, 7) is 3.13. The third-order valence-electron chi connectivity index (χ3n) is 1.72. The molecule has 0 N–H and O–H groups in total. The Morgan fingerprint density at radius 1 is 1.12 bits per heavy atom. The summed E-state index contributed by atoms with van der Waals surface area (Å²) in [5.41, 5.74) is 0. The summed E-state index contributed by atoms with van der Waals surface area (Å²) in [6.07, 6.45) is 1.76. The first-order valence-corrected chi connectivity index (χ1v) is 6.85. The summed E-state index contributed by atoms with van der Waals surface area (Å²) in [5, 5.41) is 0. The van der Waals surface area contributed by atoms with Gasteiger partial charge in [0.15, 0.2) is 9.84 Å². The number of ketones is 1. The third-order valence-corrected chi connectivity index (χ3v) is 2.88. The predicted molar refractivity (Wildman–Crippen MR) is 64.4 cm³/mol. The zero-order chi connectivity index (χ0) is 12.4. The van der Waals surface area contributed by atoms with Gasteiger partial charge in [0.1, 0.15) is 17.3 Å². The Morgan fingerprint density at radius 2 is 1.75 bits per heavy atom. The number of sulfone groups is 1. The monoisotopic (exact) mass is 240 g/mol. The molecule has 0 spiro atoms. The van der Waals surface area contributed by atoms with E-state index < -0.39 is 9.84 Å². The summed E-state index contributed by atoms with van der Waals surface area (Å²) in [6, 6.07) is 0. The molecule has 0 saturated heterocycles. The molecule has 0 atom stereocenters. The van der Waals surface area contributed by atoms with Gasteiger partial charge in [0.2, 0.25) is 0 Å². The second-order valence-electron chi connectivity index (χ2n) is 3.37. The maximum Gasteiger partial charge on any atom is 0.172 e. The largest absolute Gasteiger partial charge is 0.300 e. The van der Waals surface area contributed by atoms with E-state index in [0.29, 0.717) is 19.3 Å². The molecule has 88 valence electrons. The van der Waals surface area contributed by atoms with Gasteiger partial charge in [0, 0.05) is 12.8 Å². The molecule has 16 heavy (non-hydrogen) atoms. The highest BCUT2D eigenvalue weighted by Crippen LogP contribution is 1.94. The van der Waals surface area contributed by atoms with E-state index in [4.69, 9.17) is 0 Å². The Labute approximate surface area is 97.5 Å². The summed E-state index contributed by atoms with van der Waals surface area (Å²) in [5.74, 6) is 10.2. The van der Waals surface area contributed by atoms with Crippen LogP contribution in [0.1, 0.15) is 33.1 Å². The highest BCUT2D eigenvalue weighted by atomic mass is 32.2. The van der Waals surface area contributed by atoms with Crippen molar-refractivity contribution >= 4 is 15.6 Å². The van der Waals surface area contributed by atoms with Gasteiger partial charge in [-0.3, -0.25) is 0 Å². The Balaban J connectivity index is 3.90. The van der Waals surface area contributed by atoms with Crippen LogP contribution in [0.3, 0.4) is 0 Å². The minimum atomic E-state index is -3.16. The van der Waals surface area contributed by atoms with E-state index in [0.717, 1.165) is 0 Å². The van der Waals surface area contributed by atoms with Crippen molar-refractivity contribution in [1.82, 2.24) is 0 Å². The first kappa shape index (κ1) is 14.7. The van der Waals surface area contributed by atoms with Crippen molar-refractivity contribution in [2.75, 3.05) is 11.5 Å². The summed E-state index contributed by atoms with van der Waals surface area (Å²) in [4.78, 5) is 10.6. The van der Waals surface area contributed by atoms with Crippen LogP contribution < -0.4 is 0 Å². The highest BCUT2D eigenvalue weighted by molar-refractivity contribution is 7.91. The molecule has 0 radical (unpaired) electrons. The zero-order valence-electron chi connectivity index (χ0n) is 9.67. The Bertz CT molecular complexity index is 438. The fourth-order valence-corrected chi connectivity index (χ4v) is 1.70. The summed E-state index contributed by atoms with van der Waals surface area (Å²) >= 11 is 0. The summed E-state index contributed by atoms with van der Waals surface area (Å²) < 4.78 is 22.5. The van der Waals surface area contributed by atoms with Crippen LogP contribution in [0.25, 0.3) is 0 Å². The van der Waals surface area contributed by atoms with Gasteiger partial charge in [-0.2, -0.15) is 0 Å². The Morgan fingerprint density at radius 3 is 2.31 bits per heavy atom. The first-order chi connectivity index (χ1) is 7.48. The Kier molecular flexibility index (Phi) is 7.33. The minimum absolute atomic E-state index is 0.132. The van der Waals surface area contributed by atoms with Crippen molar-refractivity contribution in [2.45, 2.75) is 33.1 Å². The lowest BCUT2D eigenvalue weighted by molar-refractivity contribution is -0.117. The molecule has 0 aromatic carbocycles. The Hall–Kier alpha value is -1.26. The molecule has 0 aromatic rings. The van der Waals surface area contributed by atoms with Gasteiger partial charge in [-0.1, -0.05) is 11.8 Å². The lowest BCUT2D eigenvalue weighted by Gasteiger charge is -1.91. The van der Waals surface area contributed by atoms with Gasteiger partial charge in [0.05, 0.1) is 0 Å². The molecule has 0 amide bonds. The van der Waals surface area contributed by atoms with Crippen LogP contribution in [0.15, 0.2) is 0 Å². The maximum atomic E-state index is 11.3. The second kappa shape index (κ2) is 7.96. The number of hydrogen-bond acceptors (Lipinski definition) is 3. The second-order valence-corrected chi connectivity index (χ2v) is 5.43. The number of carbonyl (C=O) groups is 1. The molecular weight excluding hydrogens is 224 g/mol. The average Bonchev–Trinajstić information content (AvgIpc) is 2.20. The van der Waals surface area contributed by atoms with E-state index >= 15 is 0 Å². The predicted octanol–water partition coefficient (Wildman–Crippen LogP) is 1.19. The standard InChI is InChI=1S/C12H16O3S/c1-3-4-10-16(14,15)11-8-6-5-7-9-12(2)13/h5,7,9-11H2,1-2H3. The summed E-state index contributed by atoms with van der Waals surface area (Å²) in [7, 11) is -3.16. The smallest absolute Gasteiger partial charge is 0.172 e. The van der Waals surface area contributed by atoms with E-state index in [9.17, 15) is 13.2 Å². The van der Waals surface area contributed by atoms with Crippen LogP contribution in [0.4, 0.5) is 0 Å².